The molecule has 0 saturated heterocycles. The molecule has 0 fully saturated rings. The standard InChI is InChI=1S/C15H17IN2OS/c1-8-4-9(2)6-11(5-8)20-14-12(7-17)10(3)18-15(19)13(14)16/h4-6H,7,17H2,1-3H3,(H,18,19). The third-order valence-electron chi connectivity index (χ3n) is 3.05. The number of aromatic amines is 1. The number of pyridine rings is 1. The first kappa shape index (κ1) is 15.6. The Kier molecular flexibility index (Phi) is 4.93. The number of hydrogen-bond acceptors (Lipinski definition) is 3. The number of halogens is 1. The summed E-state index contributed by atoms with van der Waals surface area (Å²) in [5.41, 5.74) is 10.1. The van der Waals surface area contributed by atoms with Crippen molar-refractivity contribution >= 4 is 34.4 Å². The first-order valence-electron chi connectivity index (χ1n) is 6.30. The summed E-state index contributed by atoms with van der Waals surface area (Å²) in [5, 5.41) is 0. The SMILES string of the molecule is Cc1cc(C)cc(Sc2c(CN)c(C)[nH]c(=O)c2I)c1. The minimum absolute atomic E-state index is 0.0489. The summed E-state index contributed by atoms with van der Waals surface area (Å²) < 4.78 is 0.706. The van der Waals surface area contributed by atoms with Gasteiger partial charge in [-0.25, -0.2) is 0 Å². The van der Waals surface area contributed by atoms with Gasteiger partial charge in [0.05, 0.1) is 3.57 Å². The van der Waals surface area contributed by atoms with Gasteiger partial charge in [-0.3, -0.25) is 4.79 Å². The smallest absolute Gasteiger partial charge is 0.262 e. The van der Waals surface area contributed by atoms with Crippen LogP contribution in [0.5, 0.6) is 0 Å². The first-order valence-corrected chi connectivity index (χ1v) is 8.19. The highest BCUT2D eigenvalue weighted by Gasteiger charge is 2.14. The first-order chi connectivity index (χ1) is 9.42. The quantitative estimate of drug-likeness (QED) is 0.776. The van der Waals surface area contributed by atoms with Crippen LogP contribution < -0.4 is 11.3 Å². The molecule has 1 aromatic carbocycles. The average molecular weight is 400 g/mol. The van der Waals surface area contributed by atoms with Crippen molar-refractivity contribution in [2.75, 3.05) is 0 Å². The van der Waals surface area contributed by atoms with Gasteiger partial charge in [0.15, 0.2) is 0 Å². The van der Waals surface area contributed by atoms with E-state index in [4.69, 9.17) is 5.73 Å². The summed E-state index contributed by atoms with van der Waals surface area (Å²) in [4.78, 5) is 16.9. The summed E-state index contributed by atoms with van der Waals surface area (Å²) in [6, 6.07) is 6.40. The highest BCUT2D eigenvalue weighted by Crippen LogP contribution is 2.34. The van der Waals surface area contributed by atoms with Crippen LogP contribution in [0.1, 0.15) is 22.4 Å². The Hall–Kier alpha value is -0.790. The van der Waals surface area contributed by atoms with Gasteiger partial charge in [0, 0.05) is 22.0 Å². The van der Waals surface area contributed by atoms with E-state index in [1.54, 1.807) is 11.8 Å². The Bertz CT molecular complexity index is 690. The second-order valence-electron chi connectivity index (χ2n) is 4.83. The molecule has 2 aromatic rings. The van der Waals surface area contributed by atoms with Crippen LogP contribution in [-0.2, 0) is 6.54 Å². The molecule has 0 aliphatic carbocycles. The van der Waals surface area contributed by atoms with E-state index in [-0.39, 0.29) is 5.56 Å². The lowest BCUT2D eigenvalue weighted by molar-refractivity contribution is 0.935. The highest BCUT2D eigenvalue weighted by atomic mass is 127. The van der Waals surface area contributed by atoms with Crippen LogP contribution in [0.15, 0.2) is 32.8 Å². The Morgan fingerprint density at radius 2 is 1.80 bits per heavy atom. The molecule has 2 rings (SSSR count). The molecule has 3 N–H and O–H groups in total. The molecule has 0 amide bonds. The molecule has 20 heavy (non-hydrogen) atoms. The minimum atomic E-state index is -0.0489. The molecular formula is C15H17IN2OS. The van der Waals surface area contributed by atoms with Gasteiger partial charge < -0.3 is 10.7 Å². The number of nitrogens with two attached hydrogens (primary N) is 1. The van der Waals surface area contributed by atoms with Crippen LogP contribution in [0.3, 0.4) is 0 Å². The van der Waals surface area contributed by atoms with Gasteiger partial charge in [0.25, 0.3) is 5.56 Å². The fourth-order valence-corrected chi connectivity index (χ4v) is 4.23. The molecule has 0 atom stereocenters. The average Bonchev–Trinajstić information content (AvgIpc) is 2.34. The third-order valence-corrected chi connectivity index (χ3v) is 5.57. The van der Waals surface area contributed by atoms with Crippen molar-refractivity contribution in [3.05, 3.63) is 54.5 Å². The topological polar surface area (TPSA) is 58.9 Å². The van der Waals surface area contributed by atoms with Gasteiger partial charge in [0.1, 0.15) is 0 Å². The molecule has 0 spiro atoms. The summed E-state index contributed by atoms with van der Waals surface area (Å²) in [6.45, 7) is 6.47. The molecule has 0 saturated carbocycles. The van der Waals surface area contributed by atoms with Crippen molar-refractivity contribution in [1.82, 2.24) is 4.98 Å². The number of aromatic nitrogens is 1. The Balaban J connectivity index is 2.55. The molecule has 0 unspecified atom stereocenters. The number of aryl methyl sites for hydroxylation is 3. The van der Waals surface area contributed by atoms with Crippen LogP contribution >= 0.6 is 34.4 Å². The predicted molar refractivity (Wildman–Crippen MR) is 92.4 cm³/mol. The number of benzene rings is 1. The zero-order valence-electron chi connectivity index (χ0n) is 11.7. The Morgan fingerprint density at radius 3 is 2.35 bits per heavy atom. The lowest BCUT2D eigenvalue weighted by Crippen LogP contribution is -2.17. The highest BCUT2D eigenvalue weighted by molar-refractivity contribution is 14.1. The number of rotatable bonds is 3. The Labute approximate surface area is 136 Å². The molecule has 0 bridgehead atoms. The second-order valence-corrected chi connectivity index (χ2v) is 6.99. The van der Waals surface area contributed by atoms with Crippen molar-refractivity contribution < 1.29 is 0 Å². The van der Waals surface area contributed by atoms with Gasteiger partial charge in [-0.1, -0.05) is 17.8 Å². The van der Waals surface area contributed by atoms with E-state index in [2.05, 4.69) is 59.6 Å². The van der Waals surface area contributed by atoms with Crippen LogP contribution in [0.2, 0.25) is 0 Å². The Morgan fingerprint density at radius 1 is 1.20 bits per heavy atom. The van der Waals surface area contributed by atoms with Crippen molar-refractivity contribution in [2.45, 2.75) is 37.1 Å². The van der Waals surface area contributed by atoms with E-state index in [1.165, 1.54) is 11.1 Å². The van der Waals surface area contributed by atoms with Crippen LogP contribution in [0, 0.1) is 24.3 Å². The van der Waals surface area contributed by atoms with Crippen molar-refractivity contribution in [2.24, 2.45) is 5.73 Å². The minimum Gasteiger partial charge on any atom is -0.326 e. The van der Waals surface area contributed by atoms with Gasteiger partial charge >= 0.3 is 0 Å². The molecule has 106 valence electrons. The van der Waals surface area contributed by atoms with E-state index in [0.717, 1.165) is 21.0 Å². The van der Waals surface area contributed by atoms with Gasteiger partial charge in [-0.2, -0.15) is 0 Å². The van der Waals surface area contributed by atoms with E-state index >= 15 is 0 Å². The zero-order chi connectivity index (χ0) is 14.9. The van der Waals surface area contributed by atoms with Crippen molar-refractivity contribution in [1.29, 1.82) is 0 Å². The van der Waals surface area contributed by atoms with E-state index in [1.807, 2.05) is 6.92 Å². The molecule has 0 aliphatic rings. The van der Waals surface area contributed by atoms with Crippen LogP contribution in [-0.4, -0.2) is 4.98 Å². The second kappa shape index (κ2) is 6.32. The summed E-state index contributed by atoms with van der Waals surface area (Å²) in [5.74, 6) is 0. The van der Waals surface area contributed by atoms with E-state index < -0.39 is 0 Å². The molecule has 1 aromatic heterocycles. The van der Waals surface area contributed by atoms with Gasteiger partial charge in [-0.05, 0) is 72.2 Å². The summed E-state index contributed by atoms with van der Waals surface area (Å²) in [6.07, 6.45) is 0. The maximum Gasteiger partial charge on any atom is 0.262 e. The monoisotopic (exact) mass is 400 g/mol. The molecular weight excluding hydrogens is 383 g/mol. The fraction of sp³-hybridized carbons (Fsp3) is 0.267. The van der Waals surface area contributed by atoms with Gasteiger partial charge in [-0.15, -0.1) is 0 Å². The van der Waals surface area contributed by atoms with Crippen LogP contribution in [0.25, 0.3) is 0 Å². The number of nitrogens with one attached hydrogen (secondary N) is 1. The largest absolute Gasteiger partial charge is 0.326 e. The van der Waals surface area contributed by atoms with Gasteiger partial charge in [0.2, 0.25) is 0 Å². The summed E-state index contributed by atoms with van der Waals surface area (Å²) in [7, 11) is 0. The zero-order valence-corrected chi connectivity index (χ0v) is 14.7. The summed E-state index contributed by atoms with van der Waals surface area (Å²) >= 11 is 3.71. The maximum atomic E-state index is 11.9. The fourth-order valence-electron chi connectivity index (χ4n) is 2.17. The normalized spacial score (nSPS) is 10.8. The van der Waals surface area contributed by atoms with Crippen molar-refractivity contribution in [3.63, 3.8) is 0 Å². The molecule has 1 heterocycles. The number of hydrogen-bond donors (Lipinski definition) is 2. The molecule has 5 heteroatoms. The predicted octanol–water partition coefficient (Wildman–Crippen LogP) is 3.51. The van der Waals surface area contributed by atoms with E-state index in [0.29, 0.717) is 10.1 Å². The molecule has 0 aliphatic heterocycles. The lowest BCUT2D eigenvalue weighted by Gasteiger charge is -2.13. The lowest BCUT2D eigenvalue weighted by atomic mass is 10.2. The molecule has 3 nitrogen and oxygen atoms in total. The van der Waals surface area contributed by atoms with E-state index in [9.17, 15) is 4.79 Å². The maximum absolute atomic E-state index is 11.9. The number of H-pyrrole nitrogens is 1. The van der Waals surface area contributed by atoms with Crippen molar-refractivity contribution in [3.8, 4) is 0 Å². The molecule has 0 radical (unpaired) electrons. The van der Waals surface area contributed by atoms with Crippen LogP contribution in [0.4, 0.5) is 0 Å². The third kappa shape index (κ3) is 3.27.